The summed E-state index contributed by atoms with van der Waals surface area (Å²) in [5.41, 5.74) is 2.92. The largest absolute Gasteiger partial charge is 0.490 e. The van der Waals surface area contributed by atoms with Gasteiger partial charge in [-0.1, -0.05) is 24.6 Å². The third-order valence-corrected chi connectivity index (χ3v) is 5.13. The first-order valence-electron chi connectivity index (χ1n) is 10.7. The smallest absolute Gasteiger partial charge is 0.251 e. The Labute approximate surface area is 174 Å². The van der Waals surface area contributed by atoms with E-state index in [0.717, 1.165) is 17.9 Å². The molecule has 1 saturated heterocycles. The maximum absolute atomic E-state index is 12.5. The molecule has 0 aromatic heterocycles. The number of rotatable bonds is 9. The van der Waals surface area contributed by atoms with E-state index in [-0.39, 0.29) is 5.91 Å². The van der Waals surface area contributed by atoms with Crippen molar-refractivity contribution in [3.05, 3.63) is 59.2 Å². The highest BCUT2D eigenvalue weighted by molar-refractivity contribution is 5.94. The number of ether oxygens (including phenoxy) is 2. The Hall–Kier alpha value is -2.53. The first-order valence-corrected chi connectivity index (χ1v) is 10.7. The molecule has 2 aromatic rings. The molecule has 3 rings (SSSR count). The first-order chi connectivity index (χ1) is 14.2. The van der Waals surface area contributed by atoms with Crippen LogP contribution in [-0.2, 0) is 13.1 Å². The zero-order valence-corrected chi connectivity index (χ0v) is 17.6. The Morgan fingerprint density at radius 3 is 2.24 bits per heavy atom. The minimum Gasteiger partial charge on any atom is -0.490 e. The SMILES string of the molecule is CCOc1ccc(CNC(=O)c2ccc(CN3CCCCC3)cc2)cc1OCC. The second-order valence-electron chi connectivity index (χ2n) is 7.36. The number of hydrogen-bond donors (Lipinski definition) is 1. The van der Waals surface area contributed by atoms with Gasteiger partial charge < -0.3 is 14.8 Å². The summed E-state index contributed by atoms with van der Waals surface area (Å²) in [7, 11) is 0. The minimum absolute atomic E-state index is 0.0682. The molecule has 0 aliphatic carbocycles. The van der Waals surface area contributed by atoms with Crippen LogP contribution >= 0.6 is 0 Å². The van der Waals surface area contributed by atoms with E-state index in [0.29, 0.717) is 31.1 Å². The summed E-state index contributed by atoms with van der Waals surface area (Å²) in [5.74, 6) is 1.37. The summed E-state index contributed by atoms with van der Waals surface area (Å²) in [6.45, 7) is 8.81. The number of hydrogen-bond acceptors (Lipinski definition) is 4. The zero-order chi connectivity index (χ0) is 20.5. The maximum atomic E-state index is 12.5. The molecule has 0 radical (unpaired) electrons. The third kappa shape index (κ3) is 6.23. The molecule has 0 spiro atoms. The fourth-order valence-corrected chi connectivity index (χ4v) is 3.63. The second-order valence-corrected chi connectivity index (χ2v) is 7.36. The number of benzene rings is 2. The number of nitrogens with one attached hydrogen (secondary N) is 1. The van der Waals surface area contributed by atoms with Crippen LogP contribution in [0.25, 0.3) is 0 Å². The molecule has 5 nitrogen and oxygen atoms in total. The van der Waals surface area contributed by atoms with Gasteiger partial charge in [-0.25, -0.2) is 0 Å². The topological polar surface area (TPSA) is 50.8 Å². The molecule has 1 aliphatic rings. The Kier molecular flexibility index (Phi) is 7.94. The first kappa shape index (κ1) is 21.2. The molecule has 29 heavy (non-hydrogen) atoms. The van der Waals surface area contributed by atoms with Gasteiger partial charge in [-0.2, -0.15) is 0 Å². The van der Waals surface area contributed by atoms with Crippen molar-refractivity contribution in [3.8, 4) is 11.5 Å². The average molecular weight is 397 g/mol. The lowest BCUT2D eigenvalue weighted by atomic mass is 10.1. The van der Waals surface area contributed by atoms with Crippen LogP contribution in [0.5, 0.6) is 11.5 Å². The number of carbonyl (C=O) groups is 1. The summed E-state index contributed by atoms with van der Waals surface area (Å²) in [4.78, 5) is 15.0. The molecule has 1 fully saturated rings. The van der Waals surface area contributed by atoms with Crippen LogP contribution in [0.3, 0.4) is 0 Å². The number of likely N-dealkylation sites (tertiary alicyclic amines) is 1. The van der Waals surface area contributed by atoms with Gasteiger partial charge in [0.2, 0.25) is 0 Å². The van der Waals surface area contributed by atoms with Gasteiger partial charge in [-0.05, 0) is 75.2 Å². The van der Waals surface area contributed by atoms with Gasteiger partial charge in [0, 0.05) is 18.7 Å². The van der Waals surface area contributed by atoms with E-state index < -0.39 is 0 Å². The van der Waals surface area contributed by atoms with Crippen molar-refractivity contribution in [2.24, 2.45) is 0 Å². The molecule has 0 unspecified atom stereocenters. The lowest BCUT2D eigenvalue weighted by Crippen LogP contribution is -2.29. The average Bonchev–Trinajstić information content (AvgIpc) is 2.75. The van der Waals surface area contributed by atoms with Gasteiger partial charge in [0.05, 0.1) is 13.2 Å². The van der Waals surface area contributed by atoms with Crippen LogP contribution in [0.4, 0.5) is 0 Å². The predicted molar refractivity (Wildman–Crippen MR) is 116 cm³/mol. The number of carbonyl (C=O) groups excluding carboxylic acids is 1. The fraction of sp³-hybridized carbons (Fsp3) is 0.458. The Morgan fingerprint density at radius 1 is 0.897 bits per heavy atom. The standard InChI is InChI=1S/C24H32N2O3/c1-3-28-22-13-10-20(16-23(22)29-4-2)17-25-24(27)21-11-8-19(9-12-21)18-26-14-6-5-7-15-26/h8-13,16H,3-7,14-15,17-18H2,1-2H3,(H,25,27). The van der Waals surface area contributed by atoms with E-state index >= 15 is 0 Å². The molecular weight excluding hydrogens is 364 g/mol. The molecule has 1 heterocycles. The summed E-state index contributed by atoms with van der Waals surface area (Å²) < 4.78 is 11.2. The molecule has 1 N–H and O–H groups in total. The highest BCUT2D eigenvalue weighted by Crippen LogP contribution is 2.28. The lowest BCUT2D eigenvalue weighted by molar-refractivity contribution is 0.0951. The van der Waals surface area contributed by atoms with Gasteiger partial charge in [0.15, 0.2) is 11.5 Å². The van der Waals surface area contributed by atoms with Crippen LogP contribution in [0.2, 0.25) is 0 Å². The Balaban J connectivity index is 1.55. The van der Waals surface area contributed by atoms with E-state index in [9.17, 15) is 4.79 Å². The third-order valence-electron chi connectivity index (χ3n) is 5.13. The van der Waals surface area contributed by atoms with E-state index in [1.807, 2.05) is 44.2 Å². The molecule has 0 saturated carbocycles. The van der Waals surface area contributed by atoms with Gasteiger partial charge in [-0.15, -0.1) is 0 Å². The van der Waals surface area contributed by atoms with Crippen molar-refractivity contribution in [3.63, 3.8) is 0 Å². The zero-order valence-electron chi connectivity index (χ0n) is 17.6. The van der Waals surface area contributed by atoms with Crippen LogP contribution in [0, 0.1) is 0 Å². The van der Waals surface area contributed by atoms with Crippen molar-refractivity contribution in [1.82, 2.24) is 10.2 Å². The lowest BCUT2D eigenvalue weighted by Gasteiger charge is -2.26. The van der Waals surface area contributed by atoms with Gasteiger partial charge in [0.1, 0.15) is 0 Å². The van der Waals surface area contributed by atoms with Crippen LogP contribution < -0.4 is 14.8 Å². The molecule has 1 amide bonds. The molecule has 5 heteroatoms. The summed E-state index contributed by atoms with van der Waals surface area (Å²) in [5, 5.41) is 2.99. The van der Waals surface area contributed by atoms with E-state index in [1.54, 1.807) is 0 Å². The van der Waals surface area contributed by atoms with Crippen molar-refractivity contribution in [2.45, 2.75) is 46.2 Å². The second kappa shape index (κ2) is 10.9. The van der Waals surface area contributed by atoms with Crippen molar-refractivity contribution >= 4 is 5.91 Å². The maximum Gasteiger partial charge on any atom is 0.251 e. The number of amides is 1. The normalized spacial score (nSPS) is 14.4. The molecule has 156 valence electrons. The molecular formula is C24H32N2O3. The van der Waals surface area contributed by atoms with E-state index in [2.05, 4.69) is 22.3 Å². The van der Waals surface area contributed by atoms with Gasteiger partial charge in [0.25, 0.3) is 5.91 Å². The van der Waals surface area contributed by atoms with E-state index in [1.165, 1.54) is 37.9 Å². The monoisotopic (exact) mass is 396 g/mol. The molecule has 0 atom stereocenters. The summed E-state index contributed by atoms with van der Waals surface area (Å²) >= 11 is 0. The Morgan fingerprint density at radius 2 is 1.55 bits per heavy atom. The van der Waals surface area contributed by atoms with Crippen molar-refractivity contribution in [2.75, 3.05) is 26.3 Å². The molecule has 0 bridgehead atoms. The summed E-state index contributed by atoms with van der Waals surface area (Å²) in [6, 6.07) is 13.7. The molecule has 2 aromatic carbocycles. The van der Waals surface area contributed by atoms with Crippen LogP contribution in [0.1, 0.15) is 54.6 Å². The highest BCUT2D eigenvalue weighted by atomic mass is 16.5. The Bertz CT molecular complexity index is 783. The fourth-order valence-electron chi connectivity index (χ4n) is 3.63. The molecule has 1 aliphatic heterocycles. The number of piperidine rings is 1. The quantitative estimate of drug-likeness (QED) is 0.683. The van der Waals surface area contributed by atoms with Crippen molar-refractivity contribution in [1.29, 1.82) is 0 Å². The summed E-state index contributed by atoms with van der Waals surface area (Å²) in [6.07, 6.45) is 3.92. The highest BCUT2D eigenvalue weighted by Gasteiger charge is 2.12. The van der Waals surface area contributed by atoms with Gasteiger partial charge >= 0.3 is 0 Å². The van der Waals surface area contributed by atoms with E-state index in [4.69, 9.17) is 9.47 Å². The van der Waals surface area contributed by atoms with Gasteiger partial charge in [-0.3, -0.25) is 9.69 Å². The predicted octanol–water partition coefficient (Wildman–Crippen LogP) is 4.40. The number of nitrogens with zero attached hydrogens (tertiary/aromatic N) is 1. The minimum atomic E-state index is -0.0682. The van der Waals surface area contributed by atoms with Crippen LogP contribution in [0.15, 0.2) is 42.5 Å². The van der Waals surface area contributed by atoms with Crippen molar-refractivity contribution < 1.29 is 14.3 Å². The van der Waals surface area contributed by atoms with Crippen LogP contribution in [-0.4, -0.2) is 37.1 Å².